The molecule has 0 bridgehead atoms. The quantitative estimate of drug-likeness (QED) is 0.808. The van der Waals surface area contributed by atoms with Crippen molar-refractivity contribution in [2.45, 2.75) is 6.10 Å². The van der Waals surface area contributed by atoms with Crippen LogP contribution in [-0.4, -0.2) is 42.2 Å². The zero-order chi connectivity index (χ0) is 11.4. The molecule has 1 aliphatic heterocycles. The Kier molecular flexibility index (Phi) is 3.33. The van der Waals surface area contributed by atoms with Gasteiger partial charge in [-0.1, -0.05) is 0 Å². The molecule has 1 saturated heterocycles. The van der Waals surface area contributed by atoms with Gasteiger partial charge in [-0.15, -0.1) is 0 Å². The Balaban J connectivity index is 1.96. The van der Waals surface area contributed by atoms with E-state index in [1.165, 1.54) is 18.3 Å². The molecule has 1 aliphatic rings. The van der Waals surface area contributed by atoms with Crippen molar-refractivity contribution < 1.29 is 24.1 Å². The highest BCUT2D eigenvalue weighted by molar-refractivity contribution is 5.87. The standard InChI is InChI=1S/C10H11NO5/c12-10(13)7-1-2-9(11-3-7)16-8-4-14-6-15-5-8/h1-3,8H,4-6H2,(H,12,13). The number of hydrogen-bond acceptors (Lipinski definition) is 5. The first-order valence-corrected chi connectivity index (χ1v) is 4.77. The van der Waals surface area contributed by atoms with Crippen LogP contribution in [0, 0.1) is 0 Å². The van der Waals surface area contributed by atoms with Gasteiger partial charge in [0.05, 0.1) is 18.8 Å². The van der Waals surface area contributed by atoms with Crippen molar-refractivity contribution in [2.24, 2.45) is 0 Å². The molecule has 16 heavy (non-hydrogen) atoms. The van der Waals surface area contributed by atoms with Crippen molar-refractivity contribution in [3.63, 3.8) is 0 Å². The van der Waals surface area contributed by atoms with Gasteiger partial charge in [-0.25, -0.2) is 9.78 Å². The molecule has 0 aliphatic carbocycles. The van der Waals surface area contributed by atoms with Crippen LogP contribution >= 0.6 is 0 Å². The van der Waals surface area contributed by atoms with Gasteiger partial charge in [-0.2, -0.15) is 0 Å². The van der Waals surface area contributed by atoms with E-state index in [1.54, 1.807) is 0 Å². The fraction of sp³-hybridized carbons (Fsp3) is 0.400. The van der Waals surface area contributed by atoms with E-state index in [4.69, 9.17) is 19.3 Å². The fourth-order valence-electron chi connectivity index (χ4n) is 1.28. The molecule has 86 valence electrons. The molecule has 6 heteroatoms. The molecule has 0 aromatic carbocycles. The second-order valence-corrected chi connectivity index (χ2v) is 3.29. The van der Waals surface area contributed by atoms with Crippen molar-refractivity contribution in [3.05, 3.63) is 23.9 Å². The summed E-state index contributed by atoms with van der Waals surface area (Å²) in [6.45, 7) is 1.18. The number of pyridine rings is 1. The lowest BCUT2D eigenvalue weighted by Crippen LogP contribution is -2.34. The molecule has 0 spiro atoms. The van der Waals surface area contributed by atoms with E-state index < -0.39 is 5.97 Å². The molecule has 6 nitrogen and oxygen atoms in total. The Morgan fingerprint density at radius 2 is 2.19 bits per heavy atom. The van der Waals surface area contributed by atoms with Gasteiger partial charge >= 0.3 is 5.97 Å². The highest BCUT2D eigenvalue weighted by atomic mass is 16.7. The molecule has 2 heterocycles. The van der Waals surface area contributed by atoms with Gasteiger partial charge in [0, 0.05) is 12.3 Å². The van der Waals surface area contributed by atoms with Gasteiger partial charge in [0.15, 0.2) is 0 Å². The SMILES string of the molecule is O=C(O)c1ccc(OC2COCOC2)nc1. The molecular formula is C10H11NO5. The Bertz CT molecular complexity index is 358. The smallest absolute Gasteiger partial charge is 0.337 e. The number of aromatic nitrogens is 1. The van der Waals surface area contributed by atoms with Crippen molar-refractivity contribution in [3.8, 4) is 5.88 Å². The minimum absolute atomic E-state index is 0.128. The van der Waals surface area contributed by atoms with Gasteiger partial charge in [0.1, 0.15) is 12.9 Å². The number of nitrogens with zero attached hydrogens (tertiary/aromatic N) is 1. The van der Waals surface area contributed by atoms with Crippen molar-refractivity contribution in [1.29, 1.82) is 0 Å². The summed E-state index contributed by atoms with van der Waals surface area (Å²) in [7, 11) is 0. The summed E-state index contributed by atoms with van der Waals surface area (Å²) in [6, 6.07) is 2.95. The summed E-state index contributed by atoms with van der Waals surface area (Å²) in [5.41, 5.74) is 0.128. The molecular weight excluding hydrogens is 214 g/mol. The zero-order valence-corrected chi connectivity index (χ0v) is 8.46. The third-order valence-corrected chi connectivity index (χ3v) is 2.04. The number of rotatable bonds is 3. The van der Waals surface area contributed by atoms with E-state index >= 15 is 0 Å². The van der Waals surface area contributed by atoms with Crippen LogP contribution in [0.15, 0.2) is 18.3 Å². The molecule has 0 atom stereocenters. The summed E-state index contributed by atoms with van der Waals surface area (Å²) in [6.07, 6.45) is 1.05. The number of carboxylic acid groups (broad SMARTS) is 1. The fourth-order valence-corrected chi connectivity index (χ4v) is 1.28. The second-order valence-electron chi connectivity index (χ2n) is 3.29. The van der Waals surface area contributed by atoms with E-state index in [9.17, 15) is 4.79 Å². The number of hydrogen-bond donors (Lipinski definition) is 1. The predicted octanol–water partition coefficient (Wildman–Crippen LogP) is 0.531. The average molecular weight is 225 g/mol. The normalized spacial score (nSPS) is 17.0. The number of carbonyl (C=O) groups is 1. The summed E-state index contributed by atoms with van der Waals surface area (Å²) in [5, 5.41) is 8.68. The minimum atomic E-state index is -1.01. The Labute approximate surface area is 91.8 Å². The largest absolute Gasteiger partial charge is 0.478 e. The maximum atomic E-state index is 10.6. The lowest BCUT2D eigenvalue weighted by atomic mass is 10.3. The first-order chi connectivity index (χ1) is 7.75. The molecule has 0 amide bonds. The Morgan fingerprint density at radius 1 is 1.44 bits per heavy atom. The van der Waals surface area contributed by atoms with Gasteiger partial charge < -0.3 is 19.3 Å². The lowest BCUT2D eigenvalue weighted by Gasteiger charge is -2.22. The molecule has 0 saturated carbocycles. The maximum absolute atomic E-state index is 10.6. The summed E-state index contributed by atoms with van der Waals surface area (Å²) >= 11 is 0. The third-order valence-electron chi connectivity index (χ3n) is 2.04. The molecule has 1 N–H and O–H groups in total. The topological polar surface area (TPSA) is 77.9 Å². The summed E-state index contributed by atoms with van der Waals surface area (Å²) in [5.74, 6) is -0.646. The third kappa shape index (κ3) is 2.68. The molecule has 1 aromatic rings. The van der Waals surface area contributed by atoms with Gasteiger partial charge in [0.2, 0.25) is 5.88 Å². The molecule has 2 rings (SSSR count). The van der Waals surface area contributed by atoms with Crippen LogP contribution in [0.1, 0.15) is 10.4 Å². The first kappa shape index (κ1) is 10.8. The van der Waals surface area contributed by atoms with Crippen molar-refractivity contribution in [1.82, 2.24) is 4.98 Å². The van der Waals surface area contributed by atoms with E-state index in [2.05, 4.69) is 4.98 Å². The number of aromatic carboxylic acids is 1. The Hall–Kier alpha value is -1.66. The number of carboxylic acids is 1. The van der Waals surface area contributed by atoms with Crippen LogP contribution in [0.25, 0.3) is 0 Å². The van der Waals surface area contributed by atoms with Gasteiger partial charge in [0.25, 0.3) is 0 Å². The van der Waals surface area contributed by atoms with Crippen molar-refractivity contribution >= 4 is 5.97 Å². The molecule has 1 fully saturated rings. The van der Waals surface area contributed by atoms with E-state index in [-0.39, 0.29) is 18.5 Å². The summed E-state index contributed by atoms with van der Waals surface area (Å²) in [4.78, 5) is 14.5. The lowest BCUT2D eigenvalue weighted by molar-refractivity contribution is -0.144. The van der Waals surface area contributed by atoms with E-state index in [0.29, 0.717) is 19.1 Å². The molecule has 0 unspecified atom stereocenters. The predicted molar refractivity (Wildman–Crippen MR) is 52.4 cm³/mol. The van der Waals surface area contributed by atoms with E-state index in [0.717, 1.165) is 0 Å². The van der Waals surface area contributed by atoms with Crippen molar-refractivity contribution in [2.75, 3.05) is 20.0 Å². The van der Waals surface area contributed by atoms with Gasteiger partial charge in [-0.05, 0) is 6.07 Å². The van der Waals surface area contributed by atoms with Crippen LogP contribution in [-0.2, 0) is 9.47 Å². The molecule has 0 radical (unpaired) electrons. The number of ether oxygens (including phenoxy) is 3. The van der Waals surface area contributed by atoms with Crippen LogP contribution in [0.5, 0.6) is 5.88 Å². The maximum Gasteiger partial charge on any atom is 0.337 e. The minimum Gasteiger partial charge on any atom is -0.478 e. The second kappa shape index (κ2) is 4.91. The molecule has 1 aromatic heterocycles. The zero-order valence-electron chi connectivity index (χ0n) is 8.46. The van der Waals surface area contributed by atoms with Crippen LogP contribution in [0.2, 0.25) is 0 Å². The highest BCUT2D eigenvalue weighted by Gasteiger charge is 2.16. The van der Waals surface area contributed by atoms with Gasteiger partial charge in [-0.3, -0.25) is 0 Å². The van der Waals surface area contributed by atoms with Crippen LogP contribution in [0.4, 0.5) is 0 Å². The highest BCUT2D eigenvalue weighted by Crippen LogP contribution is 2.11. The van der Waals surface area contributed by atoms with Crippen LogP contribution in [0.3, 0.4) is 0 Å². The van der Waals surface area contributed by atoms with Crippen LogP contribution < -0.4 is 4.74 Å². The van der Waals surface area contributed by atoms with E-state index in [1.807, 2.05) is 0 Å². The Morgan fingerprint density at radius 3 is 2.75 bits per heavy atom. The summed E-state index contributed by atoms with van der Waals surface area (Å²) < 4.78 is 15.5. The first-order valence-electron chi connectivity index (χ1n) is 4.77. The average Bonchev–Trinajstić information content (AvgIpc) is 2.31. The monoisotopic (exact) mass is 225 g/mol.